The zero-order valence-corrected chi connectivity index (χ0v) is 8.28. The molecular weight excluding hydrogens is 196 g/mol. The predicted molar refractivity (Wildman–Crippen MR) is 49.3 cm³/mol. The second-order valence-corrected chi connectivity index (χ2v) is 6.60. The number of fused-ring (bicyclic) bond motifs is 1. The summed E-state index contributed by atoms with van der Waals surface area (Å²) < 4.78 is 22.4. The van der Waals surface area contributed by atoms with Crippen LogP contribution in [0.4, 0.5) is 0 Å². The fraction of sp³-hybridized carbons (Fsp3) is 0.833. The summed E-state index contributed by atoms with van der Waals surface area (Å²) in [5.41, 5.74) is 0. The van der Waals surface area contributed by atoms with Crippen molar-refractivity contribution in [2.75, 3.05) is 18.6 Å². The average molecular weight is 206 g/mol. The van der Waals surface area contributed by atoms with E-state index in [1.54, 1.807) is 11.9 Å². The first-order valence-corrected chi connectivity index (χ1v) is 6.38. The summed E-state index contributed by atoms with van der Waals surface area (Å²) in [6, 6.07) is 0.0486. The number of hydrogen-bond acceptors (Lipinski definition) is 4. The average Bonchev–Trinajstić information content (AvgIpc) is 2.33. The Balaban J connectivity index is 2.27. The van der Waals surface area contributed by atoms with Gasteiger partial charge in [0.15, 0.2) is 15.0 Å². The molecule has 68 valence electrons. The van der Waals surface area contributed by atoms with E-state index in [1.807, 2.05) is 0 Å². The summed E-state index contributed by atoms with van der Waals surface area (Å²) in [6.45, 7) is 0. The number of rotatable bonds is 0. The van der Waals surface area contributed by atoms with Crippen LogP contribution in [0.2, 0.25) is 0 Å². The molecule has 0 aromatic rings. The fourth-order valence-electron chi connectivity index (χ4n) is 1.65. The molecule has 2 heterocycles. The lowest BCUT2D eigenvalue weighted by molar-refractivity contribution is 0.422. The molecule has 0 spiro atoms. The lowest BCUT2D eigenvalue weighted by Gasteiger charge is -2.16. The minimum Gasteiger partial charge on any atom is -0.350 e. The minimum atomic E-state index is -2.82. The van der Waals surface area contributed by atoms with Gasteiger partial charge in [-0.25, -0.2) is 8.42 Å². The van der Waals surface area contributed by atoms with Crippen LogP contribution in [-0.4, -0.2) is 48.3 Å². The lowest BCUT2D eigenvalue weighted by Crippen LogP contribution is -2.33. The third kappa shape index (κ3) is 1.13. The van der Waals surface area contributed by atoms with Crippen LogP contribution >= 0.6 is 11.8 Å². The van der Waals surface area contributed by atoms with Crippen molar-refractivity contribution in [3.8, 4) is 0 Å². The standard InChI is InChI=1S/C6H10N2O2S2/c1-8-4-2-12(9,10)3-5(4)11-6(8)7/h4-5,7H,2-3H2,1H3/t4-,5+/m1/s1. The molecule has 1 N–H and O–H groups in total. The lowest BCUT2D eigenvalue weighted by atomic mass is 10.2. The van der Waals surface area contributed by atoms with E-state index >= 15 is 0 Å². The number of thioether (sulfide) groups is 1. The Kier molecular flexibility index (Phi) is 1.66. The molecular formula is C6H10N2O2S2. The molecule has 2 rings (SSSR count). The first-order chi connectivity index (χ1) is 5.49. The first-order valence-electron chi connectivity index (χ1n) is 3.68. The van der Waals surface area contributed by atoms with E-state index in [4.69, 9.17) is 5.41 Å². The summed E-state index contributed by atoms with van der Waals surface area (Å²) in [7, 11) is -1.03. The first kappa shape index (κ1) is 8.37. The smallest absolute Gasteiger partial charge is 0.156 e. The van der Waals surface area contributed by atoms with Gasteiger partial charge in [0.1, 0.15) is 0 Å². The van der Waals surface area contributed by atoms with E-state index < -0.39 is 9.84 Å². The summed E-state index contributed by atoms with van der Waals surface area (Å²) in [4.78, 5) is 1.76. The molecule has 0 bridgehead atoms. The Morgan fingerprint density at radius 1 is 1.58 bits per heavy atom. The highest BCUT2D eigenvalue weighted by Crippen LogP contribution is 2.35. The van der Waals surface area contributed by atoms with Gasteiger partial charge in [0.05, 0.1) is 17.5 Å². The Morgan fingerprint density at radius 3 is 2.83 bits per heavy atom. The quantitative estimate of drug-likeness (QED) is 0.594. The number of amidine groups is 1. The van der Waals surface area contributed by atoms with E-state index in [1.165, 1.54) is 11.8 Å². The zero-order chi connectivity index (χ0) is 8.93. The normalized spacial score (nSPS) is 38.8. The van der Waals surface area contributed by atoms with Crippen LogP contribution in [0.5, 0.6) is 0 Å². The Labute approximate surface area is 75.7 Å². The number of hydrogen-bond donors (Lipinski definition) is 1. The molecule has 2 fully saturated rings. The molecule has 12 heavy (non-hydrogen) atoms. The van der Waals surface area contributed by atoms with Crippen molar-refractivity contribution in [3.63, 3.8) is 0 Å². The molecule has 2 aliphatic rings. The second-order valence-electron chi connectivity index (χ2n) is 3.22. The van der Waals surface area contributed by atoms with Gasteiger partial charge >= 0.3 is 0 Å². The van der Waals surface area contributed by atoms with Crippen molar-refractivity contribution in [3.05, 3.63) is 0 Å². The van der Waals surface area contributed by atoms with Gasteiger partial charge in [0, 0.05) is 12.3 Å². The molecule has 0 aromatic carbocycles. The molecule has 0 aromatic heterocycles. The van der Waals surface area contributed by atoms with Gasteiger partial charge in [0.2, 0.25) is 0 Å². The van der Waals surface area contributed by atoms with Crippen molar-refractivity contribution >= 4 is 26.8 Å². The Bertz CT molecular complexity index is 324. The van der Waals surface area contributed by atoms with Crippen LogP contribution in [0.25, 0.3) is 0 Å². The van der Waals surface area contributed by atoms with Crippen molar-refractivity contribution < 1.29 is 8.42 Å². The molecule has 0 unspecified atom stereocenters. The SMILES string of the molecule is CN1C(=N)S[C@H]2CS(=O)(=O)C[C@H]21. The van der Waals surface area contributed by atoms with Crippen LogP contribution < -0.4 is 0 Å². The van der Waals surface area contributed by atoms with Gasteiger partial charge in [-0.05, 0) is 0 Å². The molecule has 0 amide bonds. The van der Waals surface area contributed by atoms with Crippen LogP contribution in [0.15, 0.2) is 0 Å². The van der Waals surface area contributed by atoms with Crippen LogP contribution in [0.3, 0.4) is 0 Å². The third-order valence-electron chi connectivity index (χ3n) is 2.35. The monoisotopic (exact) mass is 206 g/mol. The molecule has 2 aliphatic heterocycles. The Hall–Kier alpha value is -0.230. The highest BCUT2D eigenvalue weighted by Gasteiger charge is 2.46. The van der Waals surface area contributed by atoms with E-state index in [0.717, 1.165) is 0 Å². The molecule has 0 aliphatic carbocycles. The highest BCUT2D eigenvalue weighted by atomic mass is 32.2. The van der Waals surface area contributed by atoms with Gasteiger partial charge < -0.3 is 4.90 Å². The number of sulfone groups is 1. The number of nitrogens with one attached hydrogen (secondary N) is 1. The van der Waals surface area contributed by atoms with E-state index in [2.05, 4.69) is 0 Å². The highest BCUT2D eigenvalue weighted by molar-refractivity contribution is 8.15. The maximum Gasteiger partial charge on any atom is 0.156 e. The minimum absolute atomic E-state index is 0.0486. The van der Waals surface area contributed by atoms with Gasteiger partial charge in [0.25, 0.3) is 0 Å². The van der Waals surface area contributed by atoms with Crippen molar-refractivity contribution in [2.45, 2.75) is 11.3 Å². The van der Waals surface area contributed by atoms with E-state index in [0.29, 0.717) is 5.17 Å². The fourth-order valence-corrected chi connectivity index (χ4v) is 5.52. The zero-order valence-electron chi connectivity index (χ0n) is 6.65. The maximum absolute atomic E-state index is 11.2. The maximum atomic E-state index is 11.2. The van der Waals surface area contributed by atoms with Gasteiger partial charge in [-0.2, -0.15) is 0 Å². The van der Waals surface area contributed by atoms with E-state index in [-0.39, 0.29) is 22.8 Å². The molecule has 0 saturated carbocycles. The van der Waals surface area contributed by atoms with Crippen LogP contribution in [-0.2, 0) is 9.84 Å². The topological polar surface area (TPSA) is 61.2 Å². The molecule has 4 nitrogen and oxygen atoms in total. The van der Waals surface area contributed by atoms with Gasteiger partial charge in [-0.15, -0.1) is 0 Å². The predicted octanol–water partition coefficient (Wildman–Crippen LogP) is -0.235. The molecule has 2 saturated heterocycles. The van der Waals surface area contributed by atoms with E-state index in [9.17, 15) is 8.42 Å². The van der Waals surface area contributed by atoms with Crippen molar-refractivity contribution in [2.24, 2.45) is 0 Å². The summed E-state index contributed by atoms with van der Waals surface area (Å²) >= 11 is 1.38. The molecule has 6 heteroatoms. The summed E-state index contributed by atoms with van der Waals surface area (Å²) in [5.74, 6) is 0.471. The third-order valence-corrected chi connectivity index (χ3v) is 5.58. The van der Waals surface area contributed by atoms with Crippen LogP contribution in [0.1, 0.15) is 0 Å². The summed E-state index contributed by atoms with van der Waals surface area (Å²) in [6.07, 6.45) is 0. The second kappa shape index (κ2) is 2.38. The van der Waals surface area contributed by atoms with Gasteiger partial charge in [-0.1, -0.05) is 11.8 Å². The van der Waals surface area contributed by atoms with Crippen molar-refractivity contribution in [1.82, 2.24) is 4.90 Å². The van der Waals surface area contributed by atoms with Crippen molar-refractivity contribution in [1.29, 1.82) is 5.41 Å². The number of nitrogens with zero attached hydrogens (tertiary/aromatic N) is 1. The van der Waals surface area contributed by atoms with Crippen LogP contribution in [0, 0.1) is 5.41 Å². The largest absolute Gasteiger partial charge is 0.350 e. The molecule has 0 radical (unpaired) electrons. The van der Waals surface area contributed by atoms with Gasteiger partial charge in [-0.3, -0.25) is 5.41 Å². The Morgan fingerprint density at radius 2 is 2.25 bits per heavy atom. The summed E-state index contributed by atoms with van der Waals surface area (Å²) in [5, 5.41) is 8.08. The molecule has 2 atom stereocenters.